The van der Waals surface area contributed by atoms with Gasteiger partial charge in [0.05, 0.1) is 0 Å². The maximum absolute atomic E-state index is 2.41. The van der Waals surface area contributed by atoms with Crippen LogP contribution in [0.1, 0.15) is 96.8 Å². The number of hydrogen-bond donors (Lipinski definition) is 0. The molecule has 0 saturated carbocycles. The molecule has 0 aromatic heterocycles. The Kier molecular flexibility index (Phi) is 22.5. The van der Waals surface area contributed by atoms with Gasteiger partial charge in [-0.25, -0.2) is 0 Å². The lowest BCUT2D eigenvalue weighted by Crippen LogP contribution is -2.12. The zero-order chi connectivity index (χ0) is 15.6. The van der Waals surface area contributed by atoms with Crippen molar-refractivity contribution in [2.75, 3.05) is 20.6 Å². The molecule has 0 aliphatic carbocycles. The fourth-order valence-electron chi connectivity index (χ4n) is 2.68. The van der Waals surface area contributed by atoms with Gasteiger partial charge in [0.2, 0.25) is 0 Å². The third kappa shape index (κ3) is 21.9. The van der Waals surface area contributed by atoms with E-state index in [9.17, 15) is 0 Å². The summed E-state index contributed by atoms with van der Waals surface area (Å²) in [5.41, 5.74) is 0. The Morgan fingerprint density at radius 2 is 1.00 bits per heavy atom. The zero-order valence-corrected chi connectivity index (χ0v) is 15.7. The SMILES string of the molecule is CCCCCCCCC=CCCCCCCCCN(C)C.O. The summed E-state index contributed by atoms with van der Waals surface area (Å²) in [6, 6.07) is 0. The predicted molar refractivity (Wildman–Crippen MR) is 102 cm³/mol. The lowest BCUT2D eigenvalue weighted by molar-refractivity contribution is 0.389. The van der Waals surface area contributed by atoms with Crippen LogP contribution in [0.2, 0.25) is 0 Å². The van der Waals surface area contributed by atoms with Crippen LogP contribution >= 0.6 is 0 Å². The summed E-state index contributed by atoms with van der Waals surface area (Å²) in [7, 11) is 4.33. The van der Waals surface area contributed by atoms with E-state index < -0.39 is 0 Å². The number of nitrogens with zero attached hydrogens (tertiary/aromatic N) is 1. The summed E-state index contributed by atoms with van der Waals surface area (Å²) in [6.07, 6.45) is 24.3. The average Bonchev–Trinajstić information content (AvgIpc) is 2.46. The molecule has 2 N–H and O–H groups in total. The third-order valence-electron chi connectivity index (χ3n) is 4.12. The molecule has 0 radical (unpaired) electrons. The van der Waals surface area contributed by atoms with Crippen molar-refractivity contribution in [3.05, 3.63) is 12.2 Å². The Morgan fingerprint density at radius 3 is 1.45 bits per heavy atom. The van der Waals surface area contributed by atoms with Gasteiger partial charge < -0.3 is 10.4 Å². The summed E-state index contributed by atoms with van der Waals surface area (Å²) in [6.45, 7) is 3.54. The quantitative estimate of drug-likeness (QED) is 0.263. The Morgan fingerprint density at radius 1 is 0.591 bits per heavy atom. The van der Waals surface area contributed by atoms with E-state index >= 15 is 0 Å². The Bertz CT molecular complexity index is 214. The maximum atomic E-state index is 2.41. The average molecular weight is 314 g/mol. The molecule has 0 bridgehead atoms. The van der Waals surface area contributed by atoms with Gasteiger partial charge in [-0.2, -0.15) is 0 Å². The van der Waals surface area contributed by atoms with Crippen LogP contribution in [0.25, 0.3) is 0 Å². The van der Waals surface area contributed by atoms with Crippen LogP contribution in [0.4, 0.5) is 0 Å². The van der Waals surface area contributed by atoms with Crippen molar-refractivity contribution in [2.45, 2.75) is 96.8 Å². The van der Waals surface area contributed by atoms with Crippen LogP contribution < -0.4 is 0 Å². The minimum Gasteiger partial charge on any atom is -0.412 e. The highest BCUT2D eigenvalue weighted by Crippen LogP contribution is 2.09. The van der Waals surface area contributed by atoms with Crippen molar-refractivity contribution in [3.63, 3.8) is 0 Å². The largest absolute Gasteiger partial charge is 0.412 e. The van der Waals surface area contributed by atoms with Crippen LogP contribution in [-0.4, -0.2) is 31.0 Å². The van der Waals surface area contributed by atoms with Gasteiger partial charge in [0.1, 0.15) is 0 Å². The number of unbranched alkanes of at least 4 members (excludes halogenated alkanes) is 12. The van der Waals surface area contributed by atoms with E-state index in [0.717, 1.165) is 0 Å². The molecule has 22 heavy (non-hydrogen) atoms. The van der Waals surface area contributed by atoms with E-state index in [4.69, 9.17) is 0 Å². The highest BCUT2D eigenvalue weighted by Gasteiger charge is 1.92. The van der Waals surface area contributed by atoms with Gasteiger partial charge >= 0.3 is 0 Å². The second kappa shape index (κ2) is 20.7. The smallest absolute Gasteiger partial charge is 0.00248 e. The van der Waals surface area contributed by atoms with Gasteiger partial charge in [-0.3, -0.25) is 0 Å². The Balaban J connectivity index is 0. The van der Waals surface area contributed by atoms with Gasteiger partial charge in [-0.15, -0.1) is 0 Å². The summed E-state index contributed by atoms with van der Waals surface area (Å²) in [5, 5.41) is 0. The second-order valence-corrected chi connectivity index (χ2v) is 6.74. The van der Waals surface area contributed by atoms with Gasteiger partial charge in [0.15, 0.2) is 0 Å². The van der Waals surface area contributed by atoms with Crippen molar-refractivity contribution in [1.82, 2.24) is 4.90 Å². The number of hydrogen-bond acceptors (Lipinski definition) is 1. The zero-order valence-electron chi connectivity index (χ0n) is 15.7. The first-order valence-corrected chi connectivity index (χ1v) is 9.57. The monoisotopic (exact) mass is 313 g/mol. The molecule has 0 atom stereocenters. The molecule has 0 amide bonds. The second-order valence-electron chi connectivity index (χ2n) is 6.74. The van der Waals surface area contributed by atoms with Crippen molar-refractivity contribution >= 4 is 0 Å². The summed E-state index contributed by atoms with van der Waals surface area (Å²) < 4.78 is 0. The minimum absolute atomic E-state index is 0. The van der Waals surface area contributed by atoms with Crippen LogP contribution in [-0.2, 0) is 0 Å². The molecule has 0 fully saturated rings. The molecule has 0 aromatic carbocycles. The molecule has 0 aliphatic rings. The molecule has 0 spiro atoms. The van der Waals surface area contributed by atoms with Crippen molar-refractivity contribution < 1.29 is 5.48 Å². The van der Waals surface area contributed by atoms with E-state index in [1.54, 1.807) is 0 Å². The first-order valence-electron chi connectivity index (χ1n) is 9.57. The standard InChI is InChI=1S/C20H41N.H2O/c1-4-5-6-7-8-9-10-11-12-13-14-15-16-17-18-19-20-21(2)3;/h11-12H,4-10,13-20H2,1-3H3;1H2. The molecule has 2 heteroatoms. The summed E-state index contributed by atoms with van der Waals surface area (Å²) in [5.74, 6) is 0. The molecule has 2 nitrogen and oxygen atoms in total. The van der Waals surface area contributed by atoms with Crippen LogP contribution in [0.3, 0.4) is 0 Å². The fraction of sp³-hybridized carbons (Fsp3) is 0.900. The maximum Gasteiger partial charge on any atom is -0.00248 e. The molecule has 134 valence electrons. The first kappa shape index (κ1) is 23.9. The summed E-state index contributed by atoms with van der Waals surface area (Å²) >= 11 is 0. The number of rotatable bonds is 16. The van der Waals surface area contributed by atoms with Crippen LogP contribution in [0, 0.1) is 0 Å². The van der Waals surface area contributed by atoms with Gasteiger partial charge in [0.25, 0.3) is 0 Å². The molecule has 0 saturated heterocycles. The topological polar surface area (TPSA) is 34.7 Å². The van der Waals surface area contributed by atoms with Crippen LogP contribution in [0.5, 0.6) is 0 Å². The van der Waals surface area contributed by atoms with Crippen molar-refractivity contribution in [3.8, 4) is 0 Å². The van der Waals surface area contributed by atoms with E-state index in [0.29, 0.717) is 0 Å². The molecule has 0 heterocycles. The Labute approximate surface area is 140 Å². The molecule has 0 unspecified atom stereocenters. The van der Waals surface area contributed by atoms with E-state index in [1.165, 1.54) is 96.4 Å². The van der Waals surface area contributed by atoms with Crippen LogP contribution in [0.15, 0.2) is 12.2 Å². The fourth-order valence-corrected chi connectivity index (χ4v) is 2.68. The Hall–Kier alpha value is -0.340. The molecular formula is C20H43NO. The highest BCUT2D eigenvalue weighted by atomic mass is 16.0. The lowest BCUT2D eigenvalue weighted by Gasteiger charge is -2.08. The van der Waals surface area contributed by atoms with Crippen molar-refractivity contribution in [2.24, 2.45) is 0 Å². The highest BCUT2D eigenvalue weighted by molar-refractivity contribution is 4.81. The van der Waals surface area contributed by atoms with E-state index in [2.05, 4.69) is 38.1 Å². The van der Waals surface area contributed by atoms with Gasteiger partial charge in [0, 0.05) is 0 Å². The minimum atomic E-state index is 0. The predicted octanol–water partition coefficient (Wildman–Crippen LogP) is 5.76. The number of allylic oxidation sites excluding steroid dienone is 2. The molecular weight excluding hydrogens is 270 g/mol. The van der Waals surface area contributed by atoms with Crippen molar-refractivity contribution in [1.29, 1.82) is 0 Å². The first-order chi connectivity index (χ1) is 10.3. The lowest BCUT2D eigenvalue weighted by atomic mass is 10.1. The third-order valence-corrected chi connectivity index (χ3v) is 4.12. The normalized spacial score (nSPS) is 11.3. The van der Waals surface area contributed by atoms with E-state index in [1.807, 2.05) is 0 Å². The molecule has 0 aromatic rings. The van der Waals surface area contributed by atoms with Gasteiger partial charge in [-0.1, -0.05) is 76.9 Å². The van der Waals surface area contributed by atoms with Gasteiger partial charge in [-0.05, 0) is 52.7 Å². The van der Waals surface area contributed by atoms with E-state index in [-0.39, 0.29) is 5.48 Å². The summed E-state index contributed by atoms with van der Waals surface area (Å²) in [4.78, 5) is 2.29. The molecule has 0 rings (SSSR count). The molecule has 0 aliphatic heterocycles.